The fourth-order valence-electron chi connectivity index (χ4n) is 4.20. The Morgan fingerprint density at radius 2 is 1.81 bits per heavy atom. The summed E-state index contributed by atoms with van der Waals surface area (Å²) in [5, 5.41) is 6.43. The molecule has 3 heterocycles. The number of hydrogen-bond acceptors (Lipinski definition) is 6. The van der Waals surface area contributed by atoms with Gasteiger partial charge in [0.1, 0.15) is 23.6 Å². The minimum atomic E-state index is 0.460. The van der Waals surface area contributed by atoms with E-state index in [1.807, 2.05) is 24.4 Å². The molecule has 0 atom stereocenters. The topological polar surface area (TPSA) is 105 Å². The summed E-state index contributed by atoms with van der Waals surface area (Å²) in [5.74, 6) is 2.43. The quantitative estimate of drug-likeness (QED) is 0.303. The van der Waals surface area contributed by atoms with E-state index in [4.69, 9.17) is 11.6 Å². The molecule has 10 heteroatoms. The van der Waals surface area contributed by atoms with Gasteiger partial charge < -0.3 is 19.9 Å². The highest BCUT2D eigenvalue weighted by Gasteiger charge is 2.27. The zero-order valence-electron chi connectivity index (χ0n) is 20.5. The molecular weight excluding hydrogens is 490 g/mol. The van der Waals surface area contributed by atoms with Gasteiger partial charge in [-0.1, -0.05) is 17.7 Å². The van der Waals surface area contributed by atoms with E-state index in [0.29, 0.717) is 30.5 Å². The van der Waals surface area contributed by atoms with Gasteiger partial charge in [0.15, 0.2) is 0 Å². The summed E-state index contributed by atoms with van der Waals surface area (Å²) >= 11 is 5.93. The van der Waals surface area contributed by atoms with Crippen LogP contribution in [0.2, 0.25) is 5.02 Å². The van der Waals surface area contributed by atoms with E-state index < -0.39 is 0 Å². The van der Waals surface area contributed by atoms with Gasteiger partial charge in [-0.2, -0.15) is 0 Å². The van der Waals surface area contributed by atoms with Gasteiger partial charge in [0.05, 0.1) is 12.2 Å². The summed E-state index contributed by atoms with van der Waals surface area (Å²) in [6, 6.07) is 11.6. The average molecular weight is 518 g/mol. The van der Waals surface area contributed by atoms with Crippen molar-refractivity contribution in [3.05, 3.63) is 77.0 Å². The van der Waals surface area contributed by atoms with Crippen LogP contribution < -0.4 is 15.5 Å². The maximum atomic E-state index is 10.7. The molecule has 0 bridgehead atoms. The molecule has 0 aliphatic heterocycles. The SMILES string of the molecule is CN(C=O)c1ccc(Cl)cc1C1CC1.O=CNc1cc(NCc2cn3cc(C4CC4)ccc3n2)ncn1. The average Bonchev–Trinajstić information content (AvgIpc) is 3.84. The summed E-state index contributed by atoms with van der Waals surface area (Å²) in [7, 11) is 1.77. The van der Waals surface area contributed by atoms with E-state index in [1.54, 1.807) is 18.0 Å². The first-order valence-electron chi connectivity index (χ1n) is 12.2. The number of carbonyl (C=O) groups is 2. The van der Waals surface area contributed by atoms with E-state index >= 15 is 0 Å². The second-order valence-electron chi connectivity index (χ2n) is 9.33. The molecule has 4 aromatic rings. The minimum Gasteiger partial charge on any atom is -0.364 e. The molecule has 2 fully saturated rings. The van der Waals surface area contributed by atoms with Gasteiger partial charge in [-0.05, 0) is 72.9 Å². The zero-order chi connectivity index (χ0) is 25.8. The van der Waals surface area contributed by atoms with Crippen molar-refractivity contribution >= 4 is 47.4 Å². The van der Waals surface area contributed by atoms with Crippen LogP contribution in [-0.2, 0) is 16.1 Å². The predicted molar refractivity (Wildman–Crippen MR) is 144 cm³/mol. The predicted octanol–water partition coefficient (Wildman–Crippen LogP) is 4.99. The van der Waals surface area contributed by atoms with Gasteiger partial charge >= 0.3 is 0 Å². The second kappa shape index (κ2) is 11.0. The third-order valence-corrected chi connectivity index (χ3v) is 6.68. The summed E-state index contributed by atoms with van der Waals surface area (Å²) < 4.78 is 2.07. The molecule has 1 aromatic carbocycles. The number of fused-ring (bicyclic) bond motifs is 1. The lowest BCUT2D eigenvalue weighted by Crippen LogP contribution is -2.15. The second-order valence-corrected chi connectivity index (χ2v) is 9.77. The Hall–Kier alpha value is -3.98. The Kier molecular flexibility index (Phi) is 7.32. The molecular formula is C27H28ClN7O2. The molecule has 2 amide bonds. The van der Waals surface area contributed by atoms with Crippen LogP contribution in [0, 0.1) is 0 Å². The maximum absolute atomic E-state index is 10.7. The Morgan fingerprint density at radius 3 is 2.54 bits per heavy atom. The number of rotatable bonds is 9. The molecule has 0 spiro atoms. The van der Waals surface area contributed by atoms with Gasteiger partial charge in [0.2, 0.25) is 12.8 Å². The van der Waals surface area contributed by atoms with Crippen molar-refractivity contribution in [3.8, 4) is 0 Å². The monoisotopic (exact) mass is 517 g/mol. The smallest absolute Gasteiger partial charge is 0.213 e. The summed E-state index contributed by atoms with van der Waals surface area (Å²) in [6.07, 6.45) is 12.0. The van der Waals surface area contributed by atoms with Gasteiger partial charge in [0.25, 0.3) is 0 Å². The molecule has 37 heavy (non-hydrogen) atoms. The highest BCUT2D eigenvalue weighted by molar-refractivity contribution is 6.30. The molecule has 0 unspecified atom stereocenters. The van der Waals surface area contributed by atoms with Crippen LogP contribution in [0.15, 0.2) is 55.1 Å². The Labute approximate surface area is 219 Å². The van der Waals surface area contributed by atoms with Crippen LogP contribution in [0.3, 0.4) is 0 Å². The van der Waals surface area contributed by atoms with Crippen molar-refractivity contribution in [1.82, 2.24) is 19.4 Å². The van der Waals surface area contributed by atoms with Crippen molar-refractivity contribution in [1.29, 1.82) is 0 Å². The minimum absolute atomic E-state index is 0.460. The van der Waals surface area contributed by atoms with Crippen molar-refractivity contribution < 1.29 is 9.59 Å². The molecule has 2 aliphatic rings. The number of pyridine rings is 1. The van der Waals surface area contributed by atoms with E-state index in [1.165, 1.54) is 43.1 Å². The first kappa shape index (κ1) is 24.7. The number of halogens is 1. The van der Waals surface area contributed by atoms with Crippen molar-refractivity contribution in [2.24, 2.45) is 0 Å². The van der Waals surface area contributed by atoms with E-state index in [2.05, 4.69) is 48.3 Å². The van der Waals surface area contributed by atoms with E-state index in [-0.39, 0.29) is 0 Å². The normalized spacial score (nSPS) is 14.4. The largest absolute Gasteiger partial charge is 0.364 e. The van der Waals surface area contributed by atoms with Crippen LogP contribution in [0.1, 0.15) is 54.3 Å². The Balaban J connectivity index is 0.000000171. The third kappa shape index (κ3) is 6.24. The number of imidazole rings is 1. The van der Waals surface area contributed by atoms with Crippen LogP contribution in [-0.4, -0.2) is 39.2 Å². The highest BCUT2D eigenvalue weighted by atomic mass is 35.5. The Bertz CT molecular complexity index is 1420. The van der Waals surface area contributed by atoms with Crippen LogP contribution in [0.4, 0.5) is 17.3 Å². The lowest BCUT2D eigenvalue weighted by atomic mass is 10.1. The molecule has 2 saturated carbocycles. The molecule has 190 valence electrons. The molecule has 9 nitrogen and oxygen atoms in total. The standard InChI is InChI=1S/C16H16N6O.C11H12ClNO/c23-10-20-15-5-14(18-9-19-15)17-6-13-8-22-7-12(11-1-2-11)3-4-16(22)21-13;1-13(7-14)11-5-4-9(12)6-10(11)8-2-3-8/h3-5,7-11H,1-2,6H2,(H2,17,18,19,20,23);4-8H,2-3H2,1H3. The molecule has 2 aliphatic carbocycles. The maximum Gasteiger partial charge on any atom is 0.213 e. The first-order chi connectivity index (χ1) is 18.0. The fraction of sp³-hybridized carbons (Fsp3) is 0.296. The van der Waals surface area contributed by atoms with Gasteiger partial charge in [-0.25, -0.2) is 15.0 Å². The Morgan fingerprint density at radius 1 is 1.03 bits per heavy atom. The van der Waals surface area contributed by atoms with Gasteiger partial charge in [-0.3, -0.25) is 9.59 Å². The van der Waals surface area contributed by atoms with Crippen LogP contribution in [0.25, 0.3) is 5.65 Å². The third-order valence-electron chi connectivity index (χ3n) is 6.44. The van der Waals surface area contributed by atoms with E-state index in [0.717, 1.165) is 34.4 Å². The number of aromatic nitrogens is 4. The molecule has 3 aromatic heterocycles. The number of benzene rings is 1. The van der Waals surface area contributed by atoms with Crippen molar-refractivity contribution in [2.45, 2.75) is 44.1 Å². The van der Waals surface area contributed by atoms with Crippen molar-refractivity contribution in [3.63, 3.8) is 0 Å². The zero-order valence-corrected chi connectivity index (χ0v) is 21.2. The fourth-order valence-corrected chi connectivity index (χ4v) is 4.38. The van der Waals surface area contributed by atoms with E-state index in [9.17, 15) is 9.59 Å². The van der Waals surface area contributed by atoms with Gasteiger partial charge in [0, 0.05) is 36.2 Å². The number of anilines is 3. The summed E-state index contributed by atoms with van der Waals surface area (Å²) in [4.78, 5) is 35.4. The number of hydrogen-bond donors (Lipinski definition) is 2. The number of carbonyl (C=O) groups excluding carboxylic acids is 2. The molecule has 0 radical (unpaired) electrons. The number of amides is 2. The number of nitrogens with one attached hydrogen (secondary N) is 2. The lowest BCUT2D eigenvalue weighted by molar-refractivity contribution is -0.107. The lowest BCUT2D eigenvalue weighted by Gasteiger charge is -2.15. The molecule has 2 N–H and O–H groups in total. The van der Waals surface area contributed by atoms with Crippen LogP contribution in [0.5, 0.6) is 0 Å². The van der Waals surface area contributed by atoms with Crippen molar-refractivity contribution in [2.75, 3.05) is 22.6 Å². The first-order valence-corrected chi connectivity index (χ1v) is 12.6. The molecule has 0 saturated heterocycles. The summed E-state index contributed by atoms with van der Waals surface area (Å²) in [5.41, 5.74) is 5.44. The van der Waals surface area contributed by atoms with Gasteiger partial charge in [-0.15, -0.1) is 0 Å². The highest BCUT2D eigenvalue weighted by Crippen LogP contribution is 2.45. The molecule has 6 rings (SSSR count). The van der Waals surface area contributed by atoms with Crippen LogP contribution >= 0.6 is 11.6 Å². The summed E-state index contributed by atoms with van der Waals surface area (Å²) in [6.45, 7) is 0.554. The number of nitrogens with zero attached hydrogens (tertiary/aromatic N) is 5.